The van der Waals surface area contributed by atoms with Crippen molar-refractivity contribution < 1.29 is 14.3 Å². The number of nitrogens with zero attached hydrogens (tertiary/aromatic N) is 2. The van der Waals surface area contributed by atoms with Gasteiger partial charge >= 0.3 is 0 Å². The summed E-state index contributed by atoms with van der Waals surface area (Å²) in [5, 5.41) is 0. The molecular weight excluding hydrogens is 364 g/mol. The predicted octanol–water partition coefficient (Wildman–Crippen LogP) is 5.41. The summed E-state index contributed by atoms with van der Waals surface area (Å²) in [6, 6.07) is 22.3. The second-order valence-electron chi connectivity index (χ2n) is 6.51. The van der Waals surface area contributed by atoms with Crippen LogP contribution in [-0.2, 0) is 0 Å². The molecule has 0 aromatic heterocycles. The van der Waals surface area contributed by atoms with Crippen molar-refractivity contribution >= 4 is 23.1 Å². The largest absolute Gasteiger partial charge is 0.495 e. The van der Waals surface area contributed by atoms with Crippen molar-refractivity contribution in [1.29, 1.82) is 0 Å². The number of carbonyl (C=O) groups is 1. The van der Waals surface area contributed by atoms with Crippen LogP contribution >= 0.6 is 0 Å². The van der Waals surface area contributed by atoms with Gasteiger partial charge in [-0.15, -0.1) is 0 Å². The minimum atomic E-state index is -0.189. The zero-order valence-electron chi connectivity index (χ0n) is 17.0. The molecule has 1 amide bonds. The maximum atomic E-state index is 13.5. The summed E-state index contributed by atoms with van der Waals surface area (Å²) in [5.74, 6) is 1.53. The van der Waals surface area contributed by atoms with Crippen molar-refractivity contribution in [2.45, 2.75) is 13.8 Å². The first-order valence-corrected chi connectivity index (χ1v) is 9.27. The maximum Gasteiger partial charge on any atom is 0.263 e. The molecule has 0 bridgehead atoms. The summed E-state index contributed by atoms with van der Waals surface area (Å²) in [4.78, 5) is 19.7. The number of aryl methyl sites for hydroxylation is 1. The number of methoxy groups -OCH3 is 2. The molecule has 0 atom stereocenters. The van der Waals surface area contributed by atoms with Crippen LogP contribution in [-0.4, -0.2) is 26.0 Å². The Morgan fingerprint density at radius 1 is 0.828 bits per heavy atom. The van der Waals surface area contributed by atoms with Gasteiger partial charge in [0.25, 0.3) is 5.91 Å². The van der Waals surface area contributed by atoms with Gasteiger partial charge in [-0.05, 0) is 50.2 Å². The van der Waals surface area contributed by atoms with Crippen LogP contribution in [0.15, 0.2) is 77.8 Å². The minimum Gasteiger partial charge on any atom is -0.495 e. The Hall–Kier alpha value is -3.60. The molecule has 0 aliphatic rings. The monoisotopic (exact) mass is 388 g/mol. The molecule has 3 aromatic rings. The molecule has 0 saturated heterocycles. The van der Waals surface area contributed by atoms with E-state index in [1.54, 1.807) is 26.0 Å². The summed E-state index contributed by atoms with van der Waals surface area (Å²) in [7, 11) is 3.18. The van der Waals surface area contributed by atoms with Gasteiger partial charge in [0.2, 0.25) is 0 Å². The lowest BCUT2D eigenvalue weighted by Crippen LogP contribution is -2.35. The van der Waals surface area contributed by atoms with Crippen LogP contribution in [0.4, 0.5) is 11.4 Å². The quantitative estimate of drug-likeness (QED) is 0.434. The van der Waals surface area contributed by atoms with E-state index in [0.29, 0.717) is 34.3 Å². The second kappa shape index (κ2) is 9.06. The number of carbonyl (C=O) groups excluding carboxylic acids is 1. The number of rotatable bonds is 5. The van der Waals surface area contributed by atoms with Crippen LogP contribution in [0.3, 0.4) is 0 Å². The summed E-state index contributed by atoms with van der Waals surface area (Å²) in [6.07, 6.45) is 0. The summed E-state index contributed by atoms with van der Waals surface area (Å²) in [5.41, 5.74) is 2.92. The molecule has 0 heterocycles. The maximum absolute atomic E-state index is 13.5. The zero-order valence-corrected chi connectivity index (χ0v) is 17.0. The molecule has 29 heavy (non-hydrogen) atoms. The molecule has 0 aliphatic heterocycles. The molecule has 5 nitrogen and oxygen atoms in total. The van der Waals surface area contributed by atoms with Crippen molar-refractivity contribution in [2.75, 3.05) is 19.1 Å². The van der Waals surface area contributed by atoms with Crippen molar-refractivity contribution in [1.82, 2.24) is 0 Å². The molecule has 0 radical (unpaired) electrons. The Labute approximate surface area is 171 Å². The Morgan fingerprint density at radius 2 is 1.41 bits per heavy atom. The highest BCUT2D eigenvalue weighted by molar-refractivity contribution is 6.23. The average Bonchev–Trinajstić information content (AvgIpc) is 2.75. The molecule has 0 N–H and O–H groups in total. The Balaban J connectivity index is 2.13. The highest BCUT2D eigenvalue weighted by Crippen LogP contribution is 2.32. The van der Waals surface area contributed by atoms with Gasteiger partial charge in [0, 0.05) is 5.56 Å². The fourth-order valence-electron chi connectivity index (χ4n) is 3.02. The third-order valence-corrected chi connectivity index (χ3v) is 4.52. The molecule has 0 saturated carbocycles. The molecule has 0 fully saturated rings. The van der Waals surface area contributed by atoms with Gasteiger partial charge in [0.1, 0.15) is 23.0 Å². The van der Waals surface area contributed by atoms with Gasteiger partial charge in [-0.25, -0.2) is 4.99 Å². The van der Waals surface area contributed by atoms with E-state index in [1.807, 2.05) is 79.7 Å². The molecule has 3 rings (SSSR count). The summed E-state index contributed by atoms with van der Waals surface area (Å²) in [6.45, 7) is 3.78. The molecular formula is C24H24N2O3. The normalized spacial score (nSPS) is 11.1. The Bertz CT molecular complexity index is 1030. The molecule has 148 valence electrons. The Morgan fingerprint density at radius 3 is 2.07 bits per heavy atom. The van der Waals surface area contributed by atoms with Gasteiger partial charge in [0.15, 0.2) is 0 Å². The highest BCUT2D eigenvalue weighted by Gasteiger charge is 2.24. The SMILES string of the molecule is COc1ccccc1N=C(C)N(C(=O)c1ccc(C)cc1)c1ccccc1OC. The lowest BCUT2D eigenvalue weighted by atomic mass is 10.1. The van der Waals surface area contributed by atoms with Gasteiger partial charge < -0.3 is 9.47 Å². The average molecular weight is 388 g/mol. The number of benzene rings is 3. The van der Waals surface area contributed by atoms with Crippen LogP contribution in [0, 0.1) is 6.92 Å². The first-order chi connectivity index (χ1) is 14.0. The Kier molecular flexibility index (Phi) is 6.29. The number of anilines is 1. The third-order valence-electron chi connectivity index (χ3n) is 4.52. The van der Waals surface area contributed by atoms with Crippen LogP contribution in [0.25, 0.3) is 0 Å². The second-order valence-corrected chi connectivity index (χ2v) is 6.51. The summed E-state index contributed by atoms with van der Waals surface area (Å²) >= 11 is 0. The minimum absolute atomic E-state index is 0.189. The molecule has 5 heteroatoms. The molecule has 3 aromatic carbocycles. The zero-order chi connectivity index (χ0) is 20.8. The van der Waals surface area contributed by atoms with E-state index in [1.165, 1.54) is 0 Å². The van der Waals surface area contributed by atoms with E-state index in [0.717, 1.165) is 5.56 Å². The van der Waals surface area contributed by atoms with Gasteiger partial charge in [-0.3, -0.25) is 9.69 Å². The molecule has 0 spiro atoms. The van der Waals surface area contributed by atoms with E-state index in [-0.39, 0.29) is 5.91 Å². The fourth-order valence-corrected chi connectivity index (χ4v) is 3.02. The summed E-state index contributed by atoms with van der Waals surface area (Å²) < 4.78 is 10.9. The number of hydrogen-bond donors (Lipinski definition) is 0. The number of hydrogen-bond acceptors (Lipinski definition) is 4. The van der Waals surface area contributed by atoms with Crippen LogP contribution in [0.2, 0.25) is 0 Å². The standard InChI is InChI=1S/C24H24N2O3/c1-17-13-15-19(16-14-17)24(27)26(21-10-6-8-12-23(21)29-4)18(2)25-20-9-5-7-11-22(20)28-3/h5-16H,1-4H3. The van der Waals surface area contributed by atoms with Gasteiger partial charge in [0.05, 0.1) is 19.9 Å². The number of amidine groups is 1. The molecule has 0 unspecified atom stereocenters. The number of para-hydroxylation sites is 4. The van der Waals surface area contributed by atoms with E-state index >= 15 is 0 Å². The lowest BCUT2D eigenvalue weighted by molar-refractivity contribution is 0.100. The highest BCUT2D eigenvalue weighted by atomic mass is 16.5. The smallest absolute Gasteiger partial charge is 0.263 e. The first-order valence-electron chi connectivity index (χ1n) is 9.27. The number of aliphatic imine (C=N–C) groups is 1. The molecule has 0 aliphatic carbocycles. The van der Waals surface area contributed by atoms with Crippen molar-refractivity contribution in [2.24, 2.45) is 4.99 Å². The van der Waals surface area contributed by atoms with Gasteiger partial charge in [-0.2, -0.15) is 0 Å². The van der Waals surface area contributed by atoms with Crippen LogP contribution in [0.1, 0.15) is 22.8 Å². The van der Waals surface area contributed by atoms with Crippen LogP contribution in [0.5, 0.6) is 11.5 Å². The first kappa shape index (κ1) is 20.1. The van der Waals surface area contributed by atoms with Crippen molar-refractivity contribution in [3.05, 3.63) is 83.9 Å². The third kappa shape index (κ3) is 4.46. The number of amides is 1. The van der Waals surface area contributed by atoms with E-state index in [9.17, 15) is 4.79 Å². The van der Waals surface area contributed by atoms with Crippen molar-refractivity contribution in [3.63, 3.8) is 0 Å². The van der Waals surface area contributed by atoms with Crippen LogP contribution < -0.4 is 14.4 Å². The topological polar surface area (TPSA) is 51.1 Å². The lowest BCUT2D eigenvalue weighted by Gasteiger charge is -2.24. The van der Waals surface area contributed by atoms with E-state index in [2.05, 4.69) is 4.99 Å². The van der Waals surface area contributed by atoms with Gasteiger partial charge in [-0.1, -0.05) is 42.0 Å². The fraction of sp³-hybridized carbons (Fsp3) is 0.167. The van der Waals surface area contributed by atoms with E-state index < -0.39 is 0 Å². The number of ether oxygens (including phenoxy) is 2. The van der Waals surface area contributed by atoms with Crippen molar-refractivity contribution in [3.8, 4) is 11.5 Å². The van der Waals surface area contributed by atoms with E-state index in [4.69, 9.17) is 9.47 Å². The predicted molar refractivity (Wildman–Crippen MR) is 117 cm³/mol.